The second-order valence-corrected chi connectivity index (χ2v) is 9.63. The van der Waals surface area contributed by atoms with Gasteiger partial charge >= 0.3 is 0 Å². The molecule has 0 radical (unpaired) electrons. The third-order valence-corrected chi connectivity index (χ3v) is 4.31. The maximum atomic E-state index is 12.2. The fourth-order valence-corrected chi connectivity index (χ4v) is 2.80. The highest BCUT2D eigenvalue weighted by molar-refractivity contribution is 7.89. The third kappa shape index (κ3) is 4.60. The molecule has 0 spiro atoms. The molecule has 0 unspecified atom stereocenters. The van der Waals surface area contributed by atoms with E-state index < -0.39 is 9.84 Å². The summed E-state index contributed by atoms with van der Waals surface area (Å²) in [7, 11) is -3.52. The smallest absolute Gasteiger partial charge is 0.232 e. The van der Waals surface area contributed by atoms with Crippen molar-refractivity contribution in [1.29, 1.82) is 0 Å². The summed E-state index contributed by atoms with van der Waals surface area (Å²) < 4.78 is 34.7. The van der Waals surface area contributed by atoms with Crippen LogP contribution in [0.2, 0.25) is 0 Å². The Kier molecular flexibility index (Phi) is 4.36. The lowest BCUT2D eigenvalue weighted by Crippen LogP contribution is -2.14. The SMILES string of the molecule is CC(C)(C)c1nc(CS(=O)(=O)Cc2noc(C(C)(C)C)n2)no1. The van der Waals surface area contributed by atoms with E-state index in [4.69, 9.17) is 9.05 Å². The topological polar surface area (TPSA) is 112 Å². The van der Waals surface area contributed by atoms with Gasteiger partial charge in [0.15, 0.2) is 21.5 Å². The second kappa shape index (κ2) is 5.70. The van der Waals surface area contributed by atoms with Crippen LogP contribution in [0.15, 0.2) is 9.05 Å². The van der Waals surface area contributed by atoms with Gasteiger partial charge in [0.2, 0.25) is 11.8 Å². The van der Waals surface area contributed by atoms with Gasteiger partial charge in [0.05, 0.1) is 0 Å². The quantitative estimate of drug-likeness (QED) is 0.831. The number of nitrogens with zero attached hydrogens (tertiary/aromatic N) is 4. The minimum absolute atomic E-state index is 0.134. The van der Waals surface area contributed by atoms with Gasteiger partial charge in [-0.1, -0.05) is 51.9 Å². The van der Waals surface area contributed by atoms with Gasteiger partial charge in [-0.05, 0) is 0 Å². The van der Waals surface area contributed by atoms with Crippen LogP contribution in [-0.2, 0) is 32.2 Å². The highest BCUT2D eigenvalue weighted by Gasteiger charge is 2.27. The molecule has 23 heavy (non-hydrogen) atoms. The Morgan fingerprint density at radius 3 is 1.39 bits per heavy atom. The summed E-state index contributed by atoms with van der Waals surface area (Å²) in [5, 5.41) is 7.45. The van der Waals surface area contributed by atoms with Crippen molar-refractivity contribution in [1.82, 2.24) is 20.3 Å². The van der Waals surface area contributed by atoms with Crippen LogP contribution in [0, 0.1) is 0 Å². The van der Waals surface area contributed by atoms with Crippen molar-refractivity contribution in [2.75, 3.05) is 0 Å². The van der Waals surface area contributed by atoms with Crippen LogP contribution in [0.4, 0.5) is 0 Å². The van der Waals surface area contributed by atoms with Crippen LogP contribution in [0.5, 0.6) is 0 Å². The van der Waals surface area contributed by atoms with E-state index in [1.807, 2.05) is 41.5 Å². The van der Waals surface area contributed by atoms with Crippen LogP contribution >= 0.6 is 0 Å². The van der Waals surface area contributed by atoms with Gasteiger partial charge in [-0.2, -0.15) is 9.97 Å². The standard InChI is InChI=1S/C14H22N4O4S/c1-13(2,3)11-15-9(17-21-11)7-23(19,20)8-10-16-12(22-18-10)14(4,5)6/h7-8H2,1-6H3. The predicted molar refractivity (Wildman–Crippen MR) is 82.3 cm³/mol. The molecule has 0 saturated carbocycles. The summed E-state index contributed by atoms with van der Waals surface area (Å²) in [4.78, 5) is 8.26. The maximum absolute atomic E-state index is 12.2. The van der Waals surface area contributed by atoms with E-state index in [-0.39, 0.29) is 34.0 Å². The van der Waals surface area contributed by atoms with E-state index in [2.05, 4.69) is 20.3 Å². The van der Waals surface area contributed by atoms with Crippen LogP contribution in [-0.4, -0.2) is 28.7 Å². The molecule has 2 heterocycles. The Bertz CT molecular complexity index is 718. The summed E-state index contributed by atoms with van der Waals surface area (Å²) in [5.41, 5.74) is -0.658. The fourth-order valence-electron chi connectivity index (χ4n) is 1.68. The summed E-state index contributed by atoms with van der Waals surface area (Å²) >= 11 is 0. The average Bonchev–Trinajstić information content (AvgIpc) is 2.95. The molecule has 0 aliphatic carbocycles. The van der Waals surface area contributed by atoms with Crippen LogP contribution in [0.25, 0.3) is 0 Å². The first kappa shape index (κ1) is 17.6. The zero-order valence-electron chi connectivity index (χ0n) is 14.2. The summed E-state index contributed by atoms with van der Waals surface area (Å²) in [6.07, 6.45) is 0. The van der Waals surface area contributed by atoms with E-state index in [0.29, 0.717) is 11.8 Å². The van der Waals surface area contributed by atoms with Gasteiger partial charge in [0, 0.05) is 10.8 Å². The zero-order valence-corrected chi connectivity index (χ0v) is 15.1. The Morgan fingerprint density at radius 2 is 1.13 bits per heavy atom. The van der Waals surface area contributed by atoms with E-state index in [1.54, 1.807) is 0 Å². The number of aromatic nitrogens is 4. The lowest BCUT2D eigenvalue weighted by molar-refractivity contribution is 0.318. The van der Waals surface area contributed by atoms with Crippen molar-refractivity contribution in [2.24, 2.45) is 0 Å². The molecule has 0 fully saturated rings. The Hall–Kier alpha value is -1.77. The molecule has 0 amide bonds. The van der Waals surface area contributed by atoms with Crippen LogP contribution in [0.3, 0.4) is 0 Å². The zero-order chi connectivity index (χ0) is 17.5. The lowest BCUT2D eigenvalue weighted by atomic mass is 9.97. The highest BCUT2D eigenvalue weighted by Crippen LogP contribution is 2.22. The highest BCUT2D eigenvalue weighted by atomic mass is 32.2. The largest absolute Gasteiger partial charge is 0.339 e. The first-order chi connectivity index (χ1) is 10.4. The third-order valence-electron chi connectivity index (χ3n) is 2.92. The molecule has 0 bridgehead atoms. The monoisotopic (exact) mass is 342 g/mol. The molecule has 8 nitrogen and oxygen atoms in total. The second-order valence-electron chi connectivity index (χ2n) is 7.56. The van der Waals surface area contributed by atoms with Crippen LogP contribution in [0.1, 0.15) is 65.0 Å². The maximum Gasteiger partial charge on any atom is 0.232 e. The molecular weight excluding hydrogens is 320 g/mol. The summed E-state index contributed by atoms with van der Waals surface area (Å²) in [6, 6.07) is 0. The minimum Gasteiger partial charge on any atom is -0.339 e. The molecule has 0 aromatic carbocycles. The van der Waals surface area contributed by atoms with Crippen molar-refractivity contribution >= 4 is 9.84 Å². The number of rotatable bonds is 4. The van der Waals surface area contributed by atoms with Gasteiger partial charge in [-0.3, -0.25) is 0 Å². The van der Waals surface area contributed by atoms with E-state index in [0.717, 1.165) is 0 Å². The summed E-state index contributed by atoms with van der Waals surface area (Å²) in [5.74, 6) is 0.413. The molecule has 0 aliphatic heterocycles. The van der Waals surface area contributed by atoms with E-state index in [1.165, 1.54) is 0 Å². The van der Waals surface area contributed by atoms with Crippen molar-refractivity contribution in [3.05, 3.63) is 23.4 Å². The van der Waals surface area contributed by atoms with Crippen molar-refractivity contribution in [3.8, 4) is 0 Å². The predicted octanol–water partition coefficient (Wildman–Crippen LogP) is 2.16. The molecule has 0 N–H and O–H groups in total. The number of hydrogen-bond donors (Lipinski definition) is 0. The molecular formula is C14H22N4O4S. The molecule has 0 aliphatic rings. The number of hydrogen-bond acceptors (Lipinski definition) is 8. The molecule has 128 valence electrons. The summed E-state index contributed by atoms with van der Waals surface area (Å²) in [6.45, 7) is 11.5. The van der Waals surface area contributed by atoms with Crippen molar-refractivity contribution in [2.45, 2.75) is 63.9 Å². The minimum atomic E-state index is -3.52. The molecule has 2 rings (SSSR count). The van der Waals surface area contributed by atoms with Gasteiger partial charge < -0.3 is 9.05 Å². The molecule has 0 saturated heterocycles. The lowest BCUT2D eigenvalue weighted by Gasteiger charge is -2.10. The molecule has 2 aromatic heterocycles. The van der Waals surface area contributed by atoms with Crippen LogP contribution < -0.4 is 0 Å². The van der Waals surface area contributed by atoms with Gasteiger partial charge in [-0.15, -0.1) is 0 Å². The van der Waals surface area contributed by atoms with E-state index >= 15 is 0 Å². The molecule has 0 atom stereocenters. The molecule has 9 heteroatoms. The fraction of sp³-hybridized carbons (Fsp3) is 0.714. The Morgan fingerprint density at radius 1 is 0.783 bits per heavy atom. The van der Waals surface area contributed by atoms with Crippen molar-refractivity contribution < 1.29 is 17.5 Å². The first-order valence-electron chi connectivity index (χ1n) is 7.23. The van der Waals surface area contributed by atoms with Crippen molar-refractivity contribution in [3.63, 3.8) is 0 Å². The van der Waals surface area contributed by atoms with Gasteiger partial charge in [0.25, 0.3) is 0 Å². The van der Waals surface area contributed by atoms with Gasteiger partial charge in [0.1, 0.15) is 11.5 Å². The van der Waals surface area contributed by atoms with E-state index in [9.17, 15) is 8.42 Å². The first-order valence-corrected chi connectivity index (χ1v) is 9.05. The normalized spacial score (nSPS) is 13.5. The number of sulfone groups is 1. The molecule has 2 aromatic rings. The Labute approximate surface area is 135 Å². The van der Waals surface area contributed by atoms with Gasteiger partial charge in [-0.25, -0.2) is 8.42 Å². The Balaban J connectivity index is 2.11. The average molecular weight is 342 g/mol.